The zero-order chi connectivity index (χ0) is 23.7. The third-order valence-corrected chi connectivity index (χ3v) is 6.50. The molecule has 0 amide bonds. The summed E-state index contributed by atoms with van der Waals surface area (Å²) in [5, 5.41) is 6.06. The molecule has 5 nitrogen and oxygen atoms in total. The molecular formula is C25H20Cl3N3O2. The normalized spacial score (nSPS) is 12.0. The number of halogens is 3. The van der Waals surface area contributed by atoms with Crippen molar-refractivity contribution in [3.05, 3.63) is 120 Å². The maximum Gasteiger partial charge on any atom is 0.267 e. The molecule has 33 heavy (non-hydrogen) atoms. The molecule has 1 atom stereocenters. The second-order valence-electron chi connectivity index (χ2n) is 7.79. The second-order valence-corrected chi connectivity index (χ2v) is 9.05. The highest BCUT2D eigenvalue weighted by molar-refractivity contribution is 6.36. The van der Waals surface area contributed by atoms with Crippen LogP contribution in [0, 0.1) is 6.92 Å². The first-order valence-electron chi connectivity index (χ1n) is 10.3. The number of carbonyl (C=O) groups excluding carboxylic acids is 1. The Morgan fingerprint density at radius 3 is 2.36 bits per heavy atom. The van der Waals surface area contributed by atoms with Crippen LogP contribution in [0.4, 0.5) is 0 Å². The number of aryl methyl sites for hydroxylation is 1. The molecule has 0 aliphatic rings. The number of ketones is 1. The van der Waals surface area contributed by atoms with Crippen LogP contribution in [0.25, 0.3) is 0 Å². The molecular weight excluding hydrogens is 481 g/mol. The van der Waals surface area contributed by atoms with Crippen LogP contribution < -0.4 is 5.56 Å². The van der Waals surface area contributed by atoms with Crippen molar-refractivity contribution in [2.24, 2.45) is 0 Å². The zero-order valence-corrected chi connectivity index (χ0v) is 20.2. The van der Waals surface area contributed by atoms with Gasteiger partial charge in [0.05, 0.1) is 17.9 Å². The summed E-state index contributed by atoms with van der Waals surface area (Å²) in [5.74, 6) is -0.307. The van der Waals surface area contributed by atoms with Crippen LogP contribution in [0.5, 0.6) is 0 Å². The molecule has 1 unspecified atom stereocenters. The molecule has 4 aromatic rings. The molecule has 2 aromatic carbocycles. The van der Waals surface area contributed by atoms with E-state index in [9.17, 15) is 9.59 Å². The van der Waals surface area contributed by atoms with Crippen molar-refractivity contribution in [3.63, 3.8) is 0 Å². The summed E-state index contributed by atoms with van der Waals surface area (Å²) in [7, 11) is 0. The Morgan fingerprint density at radius 1 is 1.03 bits per heavy atom. The number of benzene rings is 2. The molecule has 0 aliphatic carbocycles. The van der Waals surface area contributed by atoms with Gasteiger partial charge in [0, 0.05) is 43.9 Å². The standard InChI is InChI=1S/C25H20Cl3N3O2/c1-14-12-22(29-24(14)25(33)16-6-8-17(26)9-7-16)15(2)21-10-11-23(32)31(30-21)13-18-19(27)4-3-5-20(18)28/h3-12,15,29H,13H2,1-2H3. The van der Waals surface area contributed by atoms with Gasteiger partial charge in [0.25, 0.3) is 5.56 Å². The summed E-state index contributed by atoms with van der Waals surface area (Å²) in [4.78, 5) is 28.6. The first kappa shape index (κ1) is 23.3. The third-order valence-electron chi connectivity index (χ3n) is 5.54. The lowest BCUT2D eigenvalue weighted by Crippen LogP contribution is -2.24. The van der Waals surface area contributed by atoms with E-state index in [0.717, 1.165) is 11.3 Å². The number of hydrogen-bond donors (Lipinski definition) is 1. The van der Waals surface area contributed by atoms with Crippen molar-refractivity contribution in [1.29, 1.82) is 0 Å². The first-order valence-corrected chi connectivity index (χ1v) is 11.4. The average Bonchev–Trinajstić information content (AvgIpc) is 3.18. The van der Waals surface area contributed by atoms with E-state index in [1.54, 1.807) is 48.5 Å². The Kier molecular flexibility index (Phi) is 6.75. The van der Waals surface area contributed by atoms with Gasteiger partial charge in [0.2, 0.25) is 5.78 Å². The van der Waals surface area contributed by atoms with Crippen LogP contribution in [-0.2, 0) is 6.54 Å². The van der Waals surface area contributed by atoms with Crippen LogP contribution in [0.1, 0.15) is 51.4 Å². The predicted octanol–water partition coefficient (Wildman–Crippen LogP) is 6.27. The molecule has 0 saturated heterocycles. The van der Waals surface area contributed by atoms with Gasteiger partial charge in [-0.15, -0.1) is 0 Å². The van der Waals surface area contributed by atoms with Gasteiger partial charge in [0.15, 0.2) is 0 Å². The van der Waals surface area contributed by atoms with Gasteiger partial charge in [-0.3, -0.25) is 9.59 Å². The van der Waals surface area contributed by atoms with Gasteiger partial charge in [-0.2, -0.15) is 5.10 Å². The molecule has 0 aliphatic heterocycles. The molecule has 0 spiro atoms. The van der Waals surface area contributed by atoms with Gasteiger partial charge in [-0.25, -0.2) is 4.68 Å². The first-order chi connectivity index (χ1) is 15.7. The summed E-state index contributed by atoms with van der Waals surface area (Å²) in [6, 6.07) is 17.1. The molecule has 0 fully saturated rings. The number of nitrogens with zero attached hydrogens (tertiary/aromatic N) is 2. The molecule has 168 valence electrons. The highest BCUT2D eigenvalue weighted by Crippen LogP contribution is 2.27. The van der Waals surface area contributed by atoms with Crippen LogP contribution in [0.3, 0.4) is 0 Å². The maximum absolute atomic E-state index is 13.0. The van der Waals surface area contributed by atoms with Crippen LogP contribution in [0.2, 0.25) is 15.1 Å². The summed E-state index contributed by atoms with van der Waals surface area (Å²) in [6.45, 7) is 3.99. The number of nitrogens with one attached hydrogen (secondary N) is 1. The summed E-state index contributed by atoms with van der Waals surface area (Å²) in [6.07, 6.45) is 0. The Labute approximate surface area is 205 Å². The largest absolute Gasteiger partial charge is 0.355 e. The minimum absolute atomic E-state index is 0.117. The van der Waals surface area contributed by atoms with E-state index in [-0.39, 0.29) is 23.8 Å². The van der Waals surface area contributed by atoms with Crippen LogP contribution >= 0.6 is 34.8 Å². The average molecular weight is 501 g/mol. The molecule has 4 rings (SSSR count). The second kappa shape index (κ2) is 9.56. The fourth-order valence-corrected chi connectivity index (χ4v) is 4.24. The number of hydrogen-bond acceptors (Lipinski definition) is 3. The highest BCUT2D eigenvalue weighted by atomic mass is 35.5. The number of aromatic nitrogens is 3. The molecule has 2 aromatic heterocycles. The van der Waals surface area contributed by atoms with Crippen LogP contribution in [0.15, 0.2) is 65.5 Å². The van der Waals surface area contributed by atoms with Gasteiger partial charge in [0.1, 0.15) is 0 Å². The smallest absolute Gasteiger partial charge is 0.267 e. The number of carbonyl (C=O) groups is 1. The number of H-pyrrole nitrogens is 1. The van der Waals surface area contributed by atoms with Crippen molar-refractivity contribution in [3.8, 4) is 0 Å². The Bertz CT molecular complexity index is 1370. The number of rotatable bonds is 6. The summed E-state index contributed by atoms with van der Waals surface area (Å²) in [5.41, 5.74) is 3.74. The van der Waals surface area contributed by atoms with E-state index < -0.39 is 0 Å². The molecule has 1 N–H and O–H groups in total. The fourth-order valence-electron chi connectivity index (χ4n) is 3.60. The fraction of sp³-hybridized carbons (Fsp3) is 0.160. The van der Waals surface area contributed by atoms with E-state index in [1.807, 2.05) is 19.9 Å². The topological polar surface area (TPSA) is 67.8 Å². The van der Waals surface area contributed by atoms with E-state index in [0.29, 0.717) is 37.6 Å². The maximum atomic E-state index is 13.0. The molecule has 0 bridgehead atoms. The molecule has 0 radical (unpaired) electrons. The Hall–Kier alpha value is -2.86. The van der Waals surface area contributed by atoms with Gasteiger partial charge in [-0.1, -0.05) is 47.8 Å². The van der Waals surface area contributed by atoms with E-state index >= 15 is 0 Å². The minimum Gasteiger partial charge on any atom is -0.355 e. The summed E-state index contributed by atoms with van der Waals surface area (Å²) >= 11 is 18.5. The third kappa shape index (κ3) is 4.91. The Morgan fingerprint density at radius 2 is 1.70 bits per heavy atom. The molecule has 0 saturated carbocycles. The van der Waals surface area contributed by atoms with Crippen molar-refractivity contribution in [1.82, 2.24) is 14.8 Å². The predicted molar refractivity (Wildman–Crippen MR) is 132 cm³/mol. The SMILES string of the molecule is Cc1cc(C(C)c2ccc(=O)n(Cc3c(Cl)cccc3Cl)n2)[nH]c1C(=O)c1ccc(Cl)cc1. The van der Waals surface area contributed by atoms with Crippen molar-refractivity contribution >= 4 is 40.6 Å². The molecule has 2 heterocycles. The van der Waals surface area contributed by atoms with E-state index in [4.69, 9.17) is 34.8 Å². The van der Waals surface area contributed by atoms with E-state index in [1.165, 1.54) is 10.7 Å². The van der Waals surface area contributed by atoms with Gasteiger partial charge >= 0.3 is 0 Å². The van der Waals surface area contributed by atoms with Crippen molar-refractivity contribution in [2.75, 3.05) is 0 Å². The minimum atomic E-state index is -0.261. The van der Waals surface area contributed by atoms with Crippen molar-refractivity contribution < 1.29 is 4.79 Å². The van der Waals surface area contributed by atoms with Crippen molar-refractivity contribution in [2.45, 2.75) is 26.3 Å². The zero-order valence-electron chi connectivity index (χ0n) is 17.9. The quantitative estimate of drug-likeness (QED) is 0.317. The van der Waals surface area contributed by atoms with E-state index in [2.05, 4.69) is 10.1 Å². The highest BCUT2D eigenvalue weighted by Gasteiger charge is 2.20. The Balaban J connectivity index is 1.64. The summed E-state index contributed by atoms with van der Waals surface area (Å²) < 4.78 is 1.34. The lowest BCUT2D eigenvalue weighted by Gasteiger charge is -2.13. The van der Waals surface area contributed by atoms with Gasteiger partial charge < -0.3 is 4.98 Å². The van der Waals surface area contributed by atoms with Gasteiger partial charge in [-0.05, 0) is 61.0 Å². The molecule has 8 heteroatoms. The monoisotopic (exact) mass is 499 g/mol. The number of aromatic amines is 1. The lowest BCUT2D eigenvalue weighted by molar-refractivity contribution is 0.103. The van der Waals surface area contributed by atoms with Crippen LogP contribution in [-0.4, -0.2) is 20.5 Å². The lowest BCUT2D eigenvalue weighted by atomic mass is 10.0.